The molecule has 154 valence electrons. The third kappa shape index (κ3) is 3.45. The fourth-order valence-electron chi connectivity index (χ4n) is 4.00. The molecule has 1 atom stereocenters. The fourth-order valence-corrected chi connectivity index (χ4v) is 4.00. The number of aromatic amines is 1. The lowest BCUT2D eigenvalue weighted by atomic mass is 10.1. The number of ether oxygens (including phenoxy) is 2. The van der Waals surface area contributed by atoms with E-state index in [1.54, 1.807) is 29.2 Å². The van der Waals surface area contributed by atoms with Crippen molar-refractivity contribution in [1.82, 2.24) is 9.88 Å². The number of hydrogen-bond acceptors (Lipinski definition) is 4. The number of H-pyrrole nitrogens is 1. The average molecular weight is 409 g/mol. The second kappa shape index (κ2) is 7.37. The van der Waals surface area contributed by atoms with Gasteiger partial charge in [-0.1, -0.05) is 0 Å². The molecule has 30 heavy (non-hydrogen) atoms. The summed E-state index contributed by atoms with van der Waals surface area (Å²) in [5.74, 6) is 0.286. The molecule has 7 nitrogen and oxygen atoms in total. The lowest BCUT2D eigenvalue weighted by Crippen LogP contribution is -2.30. The molecule has 1 aromatic heterocycles. The van der Waals surface area contributed by atoms with Gasteiger partial charge in [0.2, 0.25) is 18.6 Å². The highest BCUT2D eigenvalue weighted by molar-refractivity contribution is 5.97. The minimum absolute atomic E-state index is 0.0492. The molecule has 8 heteroatoms. The van der Waals surface area contributed by atoms with E-state index in [9.17, 15) is 14.0 Å². The molecule has 1 unspecified atom stereocenters. The highest BCUT2D eigenvalue weighted by Crippen LogP contribution is 2.34. The van der Waals surface area contributed by atoms with Crippen LogP contribution >= 0.6 is 0 Å². The van der Waals surface area contributed by atoms with Crippen molar-refractivity contribution in [3.05, 3.63) is 54.0 Å². The van der Waals surface area contributed by atoms with Crippen LogP contribution in [-0.2, 0) is 16.0 Å². The van der Waals surface area contributed by atoms with E-state index < -0.39 is 5.92 Å². The number of fused-ring (bicyclic) bond motifs is 2. The van der Waals surface area contributed by atoms with Gasteiger partial charge in [-0.2, -0.15) is 0 Å². The smallest absolute Gasteiger partial charge is 0.231 e. The van der Waals surface area contributed by atoms with Gasteiger partial charge < -0.3 is 24.7 Å². The molecule has 0 radical (unpaired) electrons. The first-order valence-corrected chi connectivity index (χ1v) is 9.80. The van der Waals surface area contributed by atoms with Crippen LogP contribution in [0.3, 0.4) is 0 Å². The number of hydrogen-bond donors (Lipinski definition) is 2. The highest BCUT2D eigenvalue weighted by atomic mass is 19.1. The van der Waals surface area contributed by atoms with Crippen molar-refractivity contribution < 1.29 is 23.5 Å². The van der Waals surface area contributed by atoms with Crippen molar-refractivity contribution in [1.29, 1.82) is 0 Å². The summed E-state index contributed by atoms with van der Waals surface area (Å²) in [5, 5.41) is 3.67. The Hall–Kier alpha value is -3.55. The van der Waals surface area contributed by atoms with Crippen LogP contribution in [0.5, 0.6) is 11.5 Å². The Kier molecular flexibility index (Phi) is 4.54. The number of amides is 2. The second-order valence-electron chi connectivity index (χ2n) is 7.55. The summed E-state index contributed by atoms with van der Waals surface area (Å²) in [4.78, 5) is 29.9. The van der Waals surface area contributed by atoms with Crippen LogP contribution in [0.2, 0.25) is 0 Å². The molecule has 0 spiro atoms. The Morgan fingerprint density at radius 3 is 2.97 bits per heavy atom. The van der Waals surface area contributed by atoms with E-state index in [1.165, 1.54) is 12.1 Å². The average Bonchev–Trinajstić information content (AvgIpc) is 3.44. The van der Waals surface area contributed by atoms with E-state index in [4.69, 9.17) is 9.47 Å². The summed E-state index contributed by atoms with van der Waals surface area (Å²) in [7, 11) is 0. The summed E-state index contributed by atoms with van der Waals surface area (Å²) in [6, 6.07) is 9.81. The highest BCUT2D eigenvalue weighted by Gasteiger charge is 2.34. The van der Waals surface area contributed by atoms with Crippen molar-refractivity contribution in [2.75, 3.05) is 25.2 Å². The third-order valence-corrected chi connectivity index (χ3v) is 5.61. The topological polar surface area (TPSA) is 83.7 Å². The van der Waals surface area contributed by atoms with Gasteiger partial charge in [0.25, 0.3) is 0 Å². The molecule has 5 rings (SSSR count). The normalized spacial score (nSPS) is 17.7. The number of aromatic nitrogens is 1. The van der Waals surface area contributed by atoms with E-state index in [2.05, 4.69) is 10.3 Å². The number of likely N-dealkylation sites (tertiary alicyclic amines) is 1. The number of carbonyl (C=O) groups excluding carboxylic acids is 2. The number of nitrogens with one attached hydrogen (secondary N) is 2. The quantitative estimate of drug-likeness (QED) is 0.679. The Morgan fingerprint density at radius 1 is 1.20 bits per heavy atom. The molecule has 0 bridgehead atoms. The SMILES string of the molecule is O=C(Nc1ccc2c(c1)OCO2)C1CC(=O)N(CCc2c[nH]c3ccc(F)cc23)C1. The van der Waals surface area contributed by atoms with Crippen molar-refractivity contribution in [3.8, 4) is 11.5 Å². The molecule has 2 aliphatic rings. The molecular weight excluding hydrogens is 389 g/mol. The van der Waals surface area contributed by atoms with Crippen molar-refractivity contribution in [2.24, 2.45) is 5.92 Å². The van der Waals surface area contributed by atoms with E-state index in [0.717, 1.165) is 16.5 Å². The van der Waals surface area contributed by atoms with Gasteiger partial charge in [0.05, 0.1) is 5.92 Å². The van der Waals surface area contributed by atoms with E-state index >= 15 is 0 Å². The fraction of sp³-hybridized carbons (Fsp3) is 0.273. The number of nitrogens with zero attached hydrogens (tertiary/aromatic N) is 1. The molecule has 1 fully saturated rings. The van der Waals surface area contributed by atoms with E-state index in [0.29, 0.717) is 36.7 Å². The van der Waals surface area contributed by atoms with E-state index in [1.807, 2.05) is 6.20 Å². The van der Waals surface area contributed by atoms with Gasteiger partial charge in [0.15, 0.2) is 11.5 Å². The van der Waals surface area contributed by atoms with Crippen molar-refractivity contribution >= 4 is 28.4 Å². The molecule has 3 heterocycles. The summed E-state index contributed by atoms with van der Waals surface area (Å²) >= 11 is 0. The van der Waals surface area contributed by atoms with Crippen LogP contribution in [0.25, 0.3) is 10.9 Å². The largest absolute Gasteiger partial charge is 0.454 e. The zero-order valence-electron chi connectivity index (χ0n) is 16.1. The molecule has 1 saturated heterocycles. The first-order valence-electron chi connectivity index (χ1n) is 9.80. The van der Waals surface area contributed by atoms with Gasteiger partial charge in [0.1, 0.15) is 5.82 Å². The van der Waals surface area contributed by atoms with Crippen LogP contribution in [0.15, 0.2) is 42.6 Å². The van der Waals surface area contributed by atoms with Gasteiger partial charge in [0, 0.05) is 48.4 Å². The van der Waals surface area contributed by atoms with Gasteiger partial charge in [-0.05, 0) is 42.3 Å². The van der Waals surface area contributed by atoms with Crippen LogP contribution in [0.1, 0.15) is 12.0 Å². The molecule has 0 aliphatic carbocycles. The van der Waals surface area contributed by atoms with Crippen LogP contribution in [0.4, 0.5) is 10.1 Å². The summed E-state index contributed by atoms with van der Waals surface area (Å²) in [6.07, 6.45) is 2.61. The molecular formula is C22H20FN3O4. The zero-order chi connectivity index (χ0) is 20.7. The first-order chi connectivity index (χ1) is 14.6. The number of anilines is 1. The van der Waals surface area contributed by atoms with Gasteiger partial charge in [-0.25, -0.2) is 4.39 Å². The molecule has 2 aromatic carbocycles. The van der Waals surface area contributed by atoms with Crippen molar-refractivity contribution in [3.63, 3.8) is 0 Å². The van der Waals surface area contributed by atoms with Crippen LogP contribution in [0, 0.1) is 11.7 Å². The Bertz CT molecular complexity index is 1140. The Balaban J connectivity index is 1.21. The Morgan fingerprint density at radius 2 is 2.07 bits per heavy atom. The van der Waals surface area contributed by atoms with Gasteiger partial charge in [-0.15, -0.1) is 0 Å². The number of halogens is 1. The minimum Gasteiger partial charge on any atom is -0.454 e. The predicted octanol–water partition coefficient (Wildman–Crippen LogP) is 3.07. The van der Waals surface area contributed by atoms with Crippen molar-refractivity contribution in [2.45, 2.75) is 12.8 Å². The molecule has 2 amide bonds. The summed E-state index contributed by atoms with van der Waals surface area (Å²) < 4.78 is 24.1. The van der Waals surface area contributed by atoms with Gasteiger partial charge >= 0.3 is 0 Å². The monoisotopic (exact) mass is 409 g/mol. The number of carbonyl (C=O) groups is 2. The number of benzene rings is 2. The maximum absolute atomic E-state index is 13.6. The molecule has 3 aromatic rings. The third-order valence-electron chi connectivity index (χ3n) is 5.61. The van der Waals surface area contributed by atoms with E-state index in [-0.39, 0.29) is 30.8 Å². The minimum atomic E-state index is -0.414. The standard InChI is InChI=1S/C22H20FN3O4/c23-15-1-3-18-17(8-15)13(10-24-18)5-6-26-11-14(7-21(26)27)22(28)25-16-2-4-19-20(9-16)30-12-29-19/h1-4,8-10,14,24H,5-7,11-12H2,(H,25,28). The van der Waals surface area contributed by atoms with Gasteiger partial charge in [-0.3, -0.25) is 9.59 Å². The Labute approximate surface area is 171 Å². The molecule has 2 aliphatic heterocycles. The lowest BCUT2D eigenvalue weighted by Gasteiger charge is -2.16. The summed E-state index contributed by atoms with van der Waals surface area (Å²) in [5.41, 5.74) is 2.42. The molecule has 0 saturated carbocycles. The maximum atomic E-state index is 13.6. The second-order valence-corrected chi connectivity index (χ2v) is 7.55. The first kappa shape index (κ1) is 18.5. The van der Waals surface area contributed by atoms with Crippen LogP contribution in [-0.4, -0.2) is 41.6 Å². The zero-order valence-corrected chi connectivity index (χ0v) is 16.1. The maximum Gasteiger partial charge on any atom is 0.231 e. The summed E-state index contributed by atoms with van der Waals surface area (Å²) in [6.45, 7) is 1.02. The number of rotatable bonds is 5. The lowest BCUT2D eigenvalue weighted by molar-refractivity contribution is -0.128. The predicted molar refractivity (Wildman–Crippen MR) is 108 cm³/mol. The van der Waals surface area contributed by atoms with Crippen LogP contribution < -0.4 is 14.8 Å². The molecule has 2 N–H and O–H groups in total.